The molecule has 6 nitrogen and oxygen atoms in total. The van der Waals surface area contributed by atoms with Gasteiger partial charge in [0.05, 0.1) is 26.2 Å². The number of halogens is 1. The van der Waals surface area contributed by atoms with Crippen molar-refractivity contribution in [1.29, 1.82) is 0 Å². The minimum atomic E-state index is -4.94. The molecule has 0 aliphatic rings. The van der Waals surface area contributed by atoms with E-state index < -0.39 is 10.2 Å². The van der Waals surface area contributed by atoms with Crippen LogP contribution in [0.15, 0.2) is 0 Å². The number of hydrogen-bond acceptors (Lipinski definition) is 5. The lowest BCUT2D eigenvalue weighted by Crippen LogP contribution is -2.68. The van der Waals surface area contributed by atoms with Gasteiger partial charge in [-0.1, -0.05) is 53.4 Å². The zero-order chi connectivity index (χ0) is 17.5. The van der Waals surface area contributed by atoms with Crippen LogP contribution < -0.4 is 24.8 Å². The summed E-state index contributed by atoms with van der Waals surface area (Å²) in [5.41, 5.74) is 0. The van der Waals surface area contributed by atoms with Crippen molar-refractivity contribution in [3.63, 3.8) is 0 Å². The molecule has 0 radical (unpaired) electrons. The van der Waals surface area contributed by atoms with Gasteiger partial charge < -0.3 is 10.6 Å². The highest BCUT2D eigenvalue weighted by atomic mass is 35.7. The summed E-state index contributed by atoms with van der Waals surface area (Å²) in [5.74, 6) is 0. The quantitative estimate of drug-likeness (QED) is 0.505. The molecule has 144 valence electrons. The van der Waals surface area contributed by atoms with E-state index >= 15 is 0 Å². The first kappa shape index (κ1) is 27.9. The van der Waals surface area contributed by atoms with Crippen molar-refractivity contribution in [2.75, 3.05) is 26.2 Å². The van der Waals surface area contributed by atoms with Gasteiger partial charge in [0.15, 0.2) is 0 Å². The summed E-state index contributed by atoms with van der Waals surface area (Å²) in [7, 11) is -4.94. The van der Waals surface area contributed by atoms with Crippen molar-refractivity contribution in [2.24, 2.45) is 0 Å². The molecule has 0 aliphatic heterocycles. The molecule has 0 aliphatic carbocycles. The minimum Gasteiger partial charge on any atom is -0.344 e. The Morgan fingerprint density at radius 2 is 0.739 bits per heavy atom. The van der Waals surface area contributed by atoms with Crippen LogP contribution in [0.5, 0.6) is 0 Å². The second kappa shape index (κ2) is 16.9. The number of rotatable bonds is 12. The minimum absolute atomic E-state index is 0. The predicted octanol–water partition coefficient (Wildman–Crippen LogP) is 0.410. The third-order valence-corrected chi connectivity index (χ3v) is 3.94. The molecule has 0 spiro atoms. The van der Waals surface area contributed by atoms with Gasteiger partial charge in [0.1, 0.15) is 0 Å². The van der Waals surface area contributed by atoms with Crippen molar-refractivity contribution in [3.05, 3.63) is 0 Å². The van der Waals surface area contributed by atoms with Crippen LogP contribution in [0.25, 0.3) is 0 Å². The fourth-order valence-electron chi connectivity index (χ4n) is 2.64. The van der Waals surface area contributed by atoms with Crippen LogP contribution in [0.2, 0.25) is 0 Å². The predicted molar refractivity (Wildman–Crippen MR) is 84.4 cm³/mol. The maximum absolute atomic E-state index is 8.49. The highest BCUT2D eigenvalue weighted by Gasteiger charge is 2.24. The zero-order valence-electron chi connectivity index (χ0n) is 15.7. The lowest BCUT2D eigenvalue weighted by Gasteiger charge is -2.39. The van der Waals surface area contributed by atoms with Gasteiger partial charge in [-0.15, -0.1) is 10.2 Å². The van der Waals surface area contributed by atoms with Crippen molar-refractivity contribution in [2.45, 2.75) is 79.1 Å². The van der Waals surface area contributed by atoms with E-state index in [1.165, 1.54) is 82.0 Å². The Morgan fingerprint density at radius 1 is 0.565 bits per heavy atom. The number of nitrogens with zero attached hydrogens (tertiary/aromatic N) is 1. The lowest BCUT2D eigenvalue weighted by molar-refractivity contribution is -2.00. The molecule has 0 fully saturated rings. The van der Waals surface area contributed by atoms with Gasteiger partial charge in [0.25, 0.3) is 0 Å². The Bertz CT molecular complexity index is 195. The number of hydrogen-bond donors (Lipinski definition) is 1. The Kier molecular flexibility index (Phi) is 20.5. The van der Waals surface area contributed by atoms with Crippen LogP contribution in [0.1, 0.15) is 79.1 Å². The normalized spacial score (nSPS) is 11.5. The van der Waals surface area contributed by atoms with E-state index in [0.29, 0.717) is 0 Å². The topological polar surface area (TPSA) is 127 Å². The molecule has 0 aromatic carbocycles. The van der Waals surface area contributed by atoms with Crippen LogP contribution in [-0.4, -0.2) is 30.7 Å². The molecule has 0 saturated carbocycles. The van der Waals surface area contributed by atoms with E-state index in [1.807, 2.05) is 0 Å². The standard InChI is InChI=1S/C16H36N.ClHO4.H3N/c1-5-9-13-17(14-10-6-2,15-11-7-3)16-12-8-4;2-1(3,4)5;/h5-16H2,1-4H3;(H,2,3,4,5);1H3/q+1;;/p-1. The Labute approximate surface area is 145 Å². The highest BCUT2D eigenvalue weighted by Crippen LogP contribution is 2.16. The Morgan fingerprint density at radius 3 is 0.870 bits per heavy atom. The van der Waals surface area contributed by atoms with E-state index in [0.717, 1.165) is 0 Å². The van der Waals surface area contributed by atoms with Gasteiger partial charge >= 0.3 is 0 Å². The van der Waals surface area contributed by atoms with Crippen LogP contribution in [0.4, 0.5) is 0 Å². The summed E-state index contributed by atoms with van der Waals surface area (Å²) in [4.78, 5) is 0. The van der Waals surface area contributed by atoms with Gasteiger partial charge in [-0.05, 0) is 25.7 Å². The third-order valence-electron chi connectivity index (χ3n) is 3.94. The average Bonchev–Trinajstić information content (AvgIpc) is 2.44. The lowest BCUT2D eigenvalue weighted by atomic mass is 10.1. The first-order chi connectivity index (χ1) is 10.2. The Balaban J connectivity index is -0.000000578. The molecule has 7 heteroatoms. The molecular weight excluding hydrogens is 320 g/mol. The molecule has 0 saturated heterocycles. The van der Waals surface area contributed by atoms with Gasteiger partial charge in [-0.2, -0.15) is 0 Å². The number of unbranched alkanes of at least 4 members (excludes halogenated alkanes) is 4. The van der Waals surface area contributed by atoms with Gasteiger partial charge in [-0.3, -0.25) is 0 Å². The molecule has 0 rings (SSSR count). The van der Waals surface area contributed by atoms with Crippen molar-refractivity contribution in [3.8, 4) is 0 Å². The molecule has 0 unspecified atom stereocenters. The summed E-state index contributed by atoms with van der Waals surface area (Å²) < 4.78 is 35.4. The van der Waals surface area contributed by atoms with Crippen molar-refractivity contribution >= 4 is 0 Å². The van der Waals surface area contributed by atoms with Crippen molar-refractivity contribution in [1.82, 2.24) is 6.15 Å². The first-order valence-corrected chi connectivity index (χ1v) is 9.94. The van der Waals surface area contributed by atoms with Crippen LogP contribution in [0, 0.1) is 10.2 Å². The summed E-state index contributed by atoms with van der Waals surface area (Å²) in [6, 6.07) is 0. The van der Waals surface area contributed by atoms with Crippen molar-refractivity contribution < 1.29 is 33.4 Å². The molecule has 0 bridgehead atoms. The third kappa shape index (κ3) is 22.1. The SMILES string of the molecule is CCCC[N+](CCCC)(CCCC)CCCC.N.[O-][Cl+3]([O-])([O-])[O-]. The van der Waals surface area contributed by atoms with E-state index in [2.05, 4.69) is 27.7 Å². The fourth-order valence-corrected chi connectivity index (χ4v) is 2.64. The van der Waals surface area contributed by atoms with Crippen LogP contribution >= 0.6 is 0 Å². The smallest absolute Gasteiger partial charge is 0.0786 e. The van der Waals surface area contributed by atoms with Gasteiger partial charge in [-0.25, -0.2) is 18.6 Å². The van der Waals surface area contributed by atoms with Crippen LogP contribution in [0.3, 0.4) is 0 Å². The van der Waals surface area contributed by atoms with E-state index in [-0.39, 0.29) is 6.15 Å². The molecule has 23 heavy (non-hydrogen) atoms. The zero-order valence-corrected chi connectivity index (χ0v) is 16.4. The van der Waals surface area contributed by atoms with E-state index in [4.69, 9.17) is 18.6 Å². The largest absolute Gasteiger partial charge is 0.344 e. The molecule has 0 atom stereocenters. The summed E-state index contributed by atoms with van der Waals surface area (Å²) in [5, 5.41) is 0. The molecule has 0 aromatic heterocycles. The molecule has 3 N–H and O–H groups in total. The molecular formula is C16H39ClN2O4. The van der Waals surface area contributed by atoms with Gasteiger partial charge in [0, 0.05) is 0 Å². The van der Waals surface area contributed by atoms with Crippen LogP contribution in [-0.2, 0) is 0 Å². The van der Waals surface area contributed by atoms with E-state index in [1.54, 1.807) is 0 Å². The maximum atomic E-state index is 8.49. The summed E-state index contributed by atoms with van der Waals surface area (Å²) in [6.07, 6.45) is 11.1. The highest BCUT2D eigenvalue weighted by molar-refractivity contribution is 4.49. The molecule has 0 aromatic rings. The van der Waals surface area contributed by atoms with Gasteiger partial charge in [0.2, 0.25) is 0 Å². The summed E-state index contributed by atoms with van der Waals surface area (Å²) >= 11 is 0. The molecule has 0 heterocycles. The fraction of sp³-hybridized carbons (Fsp3) is 1.00. The molecule has 0 amide bonds. The first-order valence-electron chi connectivity index (χ1n) is 8.71. The number of quaternary nitrogens is 1. The Hall–Kier alpha value is 0.0500. The maximum Gasteiger partial charge on any atom is 0.0786 e. The second-order valence-electron chi connectivity index (χ2n) is 6.03. The average molecular weight is 359 g/mol. The monoisotopic (exact) mass is 358 g/mol. The summed E-state index contributed by atoms with van der Waals surface area (Å²) in [6.45, 7) is 15.0. The second-order valence-corrected chi connectivity index (χ2v) is 6.78. The van der Waals surface area contributed by atoms with E-state index in [9.17, 15) is 0 Å².